The highest BCUT2D eigenvalue weighted by Gasteiger charge is 2.20. The maximum absolute atomic E-state index is 12.4. The smallest absolute Gasteiger partial charge is 0.182 e. The second kappa shape index (κ2) is 8.09. The summed E-state index contributed by atoms with van der Waals surface area (Å²) in [5.74, 6) is -0.230. The van der Waals surface area contributed by atoms with Gasteiger partial charge in [-0.3, -0.25) is 15.5 Å². The van der Waals surface area contributed by atoms with Crippen LogP contribution in [0.4, 0.5) is 5.69 Å². The zero-order chi connectivity index (χ0) is 18.5. The van der Waals surface area contributed by atoms with Crippen LogP contribution < -0.4 is 5.48 Å². The monoisotopic (exact) mass is 390 g/mol. The molecule has 1 heterocycles. The first kappa shape index (κ1) is 18.1. The number of rotatable bonds is 5. The minimum Gasteiger partial charge on any atom is -0.294 e. The van der Waals surface area contributed by atoms with Crippen molar-refractivity contribution in [2.75, 3.05) is 0 Å². The van der Waals surface area contributed by atoms with Crippen molar-refractivity contribution in [2.24, 2.45) is 4.99 Å². The van der Waals surface area contributed by atoms with Gasteiger partial charge in [0.15, 0.2) is 17.3 Å². The zero-order valence-corrected chi connectivity index (χ0v) is 14.7. The molecular formula is C17H12Cl2N4O3. The van der Waals surface area contributed by atoms with Crippen molar-refractivity contribution in [3.8, 4) is 0 Å². The third kappa shape index (κ3) is 4.26. The second-order valence-corrected chi connectivity index (χ2v) is 6.09. The Balaban J connectivity index is 1.86. The number of aliphatic imine (C=N–C) groups is 1. The first-order valence-corrected chi connectivity index (χ1v) is 8.17. The third-order valence-corrected chi connectivity index (χ3v) is 3.92. The highest BCUT2D eigenvalue weighted by atomic mass is 35.5. The minimum atomic E-state index is -0.210. The Labute approximate surface area is 158 Å². The topological polar surface area (TPSA) is 101 Å². The van der Waals surface area contributed by atoms with Crippen LogP contribution in [-0.4, -0.2) is 27.1 Å². The SMILES string of the molecule is O=C(Cc1nonc1C(=Nc1cccc(Cl)c1)NO)c1ccc(Cl)cc1. The van der Waals surface area contributed by atoms with Gasteiger partial charge in [-0.2, -0.15) is 0 Å². The van der Waals surface area contributed by atoms with E-state index in [1.807, 2.05) is 5.48 Å². The Morgan fingerprint density at radius 3 is 2.58 bits per heavy atom. The standard InChI is InChI=1S/C17H12Cl2N4O3/c18-11-6-4-10(5-7-11)15(24)9-14-16(23-26-22-14)17(21-25)20-13-3-1-2-12(19)8-13/h1-8,25H,9H2,(H,20,21). The molecule has 0 amide bonds. The van der Waals surface area contributed by atoms with Gasteiger partial charge in [0.25, 0.3) is 0 Å². The molecule has 0 fully saturated rings. The van der Waals surface area contributed by atoms with Crippen LogP contribution in [0.1, 0.15) is 21.7 Å². The van der Waals surface area contributed by atoms with Crippen LogP contribution in [0.15, 0.2) is 58.2 Å². The number of Topliss-reactive ketones (excluding diaryl/α,β-unsaturated/α-hetero) is 1. The van der Waals surface area contributed by atoms with Crippen LogP contribution in [0, 0.1) is 0 Å². The molecule has 9 heteroatoms. The first-order valence-electron chi connectivity index (χ1n) is 7.42. The quantitative estimate of drug-likeness (QED) is 0.297. The maximum Gasteiger partial charge on any atom is 0.182 e. The molecule has 2 aromatic carbocycles. The molecule has 0 unspecified atom stereocenters. The van der Waals surface area contributed by atoms with Crippen molar-refractivity contribution in [1.82, 2.24) is 15.8 Å². The number of aromatic nitrogens is 2. The molecule has 0 saturated carbocycles. The van der Waals surface area contributed by atoms with Gasteiger partial charge in [0.05, 0.1) is 12.1 Å². The summed E-state index contributed by atoms with van der Waals surface area (Å²) < 4.78 is 4.71. The van der Waals surface area contributed by atoms with Crippen molar-refractivity contribution >= 4 is 40.5 Å². The van der Waals surface area contributed by atoms with Crippen molar-refractivity contribution in [1.29, 1.82) is 0 Å². The summed E-state index contributed by atoms with van der Waals surface area (Å²) in [6, 6.07) is 13.2. The van der Waals surface area contributed by atoms with E-state index in [0.717, 1.165) is 0 Å². The number of hydroxylamine groups is 1. The first-order chi connectivity index (χ1) is 12.6. The molecule has 132 valence electrons. The second-order valence-electron chi connectivity index (χ2n) is 5.22. The van der Waals surface area contributed by atoms with E-state index < -0.39 is 0 Å². The van der Waals surface area contributed by atoms with Crippen molar-refractivity contribution in [3.05, 3.63) is 75.5 Å². The van der Waals surface area contributed by atoms with Gasteiger partial charge < -0.3 is 0 Å². The van der Waals surface area contributed by atoms with Crippen LogP contribution in [0.25, 0.3) is 0 Å². The third-order valence-electron chi connectivity index (χ3n) is 3.43. The Hall–Kier alpha value is -2.74. The summed E-state index contributed by atoms with van der Waals surface area (Å²) in [7, 11) is 0. The molecule has 0 aliphatic rings. The summed E-state index contributed by atoms with van der Waals surface area (Å²) in [6.07, 6.45) is -0.0866. The highest BCUT2D eigenvalue weighted by molar-refractivity contribution is 6.31. The molecule has 0 aliphatic carbocycles. The molecule has 0 atom stereocenters. The van der Waals surface area contributed by atoms with Gasteiger partial charge in [-0.25, -0.2) is 9.62 Å². The van der Waals surface area contributed by atoms with Gasteiger partial charge in [-0.15, -0.1) is 0 Å². The van der Waals surface area contributed by atoms with Crippen molar-refractivity contribution in [2.45, 2.75) is 6.42 Å². The minimum absolute atomic E-state index is 0.0209. The molecule has 26 heavy (non-hydrogen) atoms. The largest absolute Gasteiger partial charge is 0.294 e. The predicted octanol–water partition coefficient (Wildman–Crippen LogP) is 3.86. The summed E-state index contributed by atoms with van der Waals surface area (Å²) >= 11 is 11.7. The average Bonchev–Trinajstić information content (AvgIpc) is 3.08. The van der Waals surface area contributed by atoms with Crippen LogP contribution in [0.2, 0.25) is 10.0 Å². The zero-order valence-electron chi connectivity index (χ0n) is 13.2. The highest BCUT2D eigenvalue weighted by Crippen LogP contribution is 2.19. The van der Waals surface area contributed by atoms with Crippen LogP contribution in [-0.2, 0) is 6.42 Å². The summed E-state index contributed by atoms with van der Waals surface area (Å²) in [5, 5.41) is 17.9. The van der Waals surface area contributed by atoms with E-state index in [1.54, 1.807) is 48.5 Å². The molecule has 0 radical (unpaired) electrons. The Morgan fingerprint density at radius 2 is 1.88 bits per heavy atom. The van der Waals surface area contributed by atoms with E-state index >= 15 is 0 Å². The Bertz CT molecular complexity index is 955. The fourth-order valence-corrected chi connectivity index (χ4v) is 2.51. The number of ketones is 1. The normalized spacial score (nSPS) is 11.4. The molecule has 1 aromatic heterocycles. The summed E-state index contributed by atoms with van der Waals surface area (Å²) in [4.78, 5) is 16.6. The van der Waals surface area contributed by atoms with Gasteiger partial charge in [0, 0.05) is 15.6 Å². The number of hydrogen-bond donors (Lipinski definition) is 2. The lowest BCUT2D eigenvalue weighted by atomic mass is 10.1. The Kier molecular flexibility index (Phi) is 5.62. The molecule has 3 aromatic rings. The maximum atomic E-state index is 12.4. The molecule has 0 aliphatic heterocycles. The van der Waals surface area contributed by atoms with E-state index in [-0.39, 0.29) is 29.4 Å². The number of halogens is 2. The lowest BCUT2D eigenvalue weighted by molar-refractivity contribution is 0.0990. The molecular weight excluding hydrogens is 379 g/mol. The number of carbonyl (C=O) groups excluding carboxylic acids is 1. The molecule has 7 nitrogen and oxygen atoms in total. The van der Waals surface area contributed by atoms with E-state index in [2.05, 4.69) is 15.3 Å². The fourth-order valence-electron chi connectivity index (χ4n) is 2.20. The lowest BCUT2D eigenvalue weighted by Crippen LogP contribution is -2.22. The summed E-state index contributed by atoms with van der Waals surface area (Å²) in [5.41, 5.74) is 3.24. The van der Waals surface area contributed by atoms with Crippen LogP contribution in [0.3, 0.4) is 0 Å². The van der Waals surface area contributed by atoms with E-state index in [0.29, 0.717) is 21.3 Å². The number of amidine groups is 1. The van der Waals surface area contributed by atoms with E-state index in [4.69, 9.17) is 27.8 Å². The Morgan fingerprint density at radius 1 is 1.12 bits per heavy atom. The number of hydrogen-bond acceptors (Lipinski definition) is 6. The number of carbonyl (C=O) groups is 1. The van der Waals surface area contributed by atoms with E-state index in [1.165, 1.54) is 0 Å². The van der Waals surface area contributed by atoms with Gasteiger partial charge in [0.1, 0.15) is 5.69 Å². The molecule has 0 spiro atoms. The fraction of sp³-hybridized carbons (Fsp3) is 0.0588. The van der Waals surface area contributed by atoms with Crippen LogP contribution >= 0.6 is 23.2 Å². The number of benzene rings is 2. The van der Waals surface area contributed by atoms with Crippen molar-refractivity contribution in [3.63, 3.8) is 0 Å². The molecule has 0 saturated heterocycles. The van der Waals surface area contributed by atoms with Gasteiger partial charge >= 0.3 is 0 Å². The number of nitrogens with zero attached hydrogens (tertiary/aromatic N) is 3. The number of nitrogens with one attached hydrogen (secondary N) is 1. The lowest BCUT2D eigenvalue weighted by Gasteiger charge is -2.04. The molecule has 3 rings (SSSR count). The van der Waals surface area contributed by atoms with Gasteiger partial charge in [0.2, 0.25) is 0 Å². The summed E-state index contributed by atoms with van der Waals surface area (Å²) in [6.45, 7) is 0. The average molecular weight is 391 g/mol. The van der Waals surface area contributed by atoms with E-state index in [9.17, 15) is 10.0 Å². The molecule has 0 bridgehead atoms. The molecule has 2 N–H and O–H groups in total. The van der Waals surface area contributed by atoms with Gasteiger partial charge in [-0.1, -0.05) is 34.4 Å². The predicted molar refractivity (Wildman–Crippen MR) is 96.4 cm³/mol. The van der Waals surface area contributed by atoms with Crippen LogP contribution in [0.5, 0.6) is 0 Å². The van der Waals surface area contributed by atoms with Gasteiger partial charge in [-0.05, 0) is 47.6 Å². The van der Waals surface area contributed by atoms with Crippen molar-refractivity contribution < 1.29 is 14.6 Å².